The van der Waals surface area contributed by atoms with Crippen LogP contribution in [0.3, 0.4) is 0 Å². The van der Waals surface area contributed by atoms with Gasteiger partial charge < -0.3 is 9.47 Å². The predicted octanol–water partition coefficient (Wildman–Crippen LogP) is 0.850. The van der Waals surface area contributed by atoms with Gasteiger partial charge in [-0.3, -0.25) is 0 Å². The van der Waals surface area contributed by atoms with Gasteiger partial charge in [0.15, 0.2) is 0 Å². The fraction of sp³-hybridized carbons (Fsp3) is 0.636. The van der Waals surface area contributed by atoms with E-state index in [0.29, 0.717) is 32.9 Å². The van der Waals surface area contributed by atoms with Gasteiger partial charge in [0.05, 0.1) is 19.8 Å². The number of nitrogens with zero attached hydrogens (tertiary/aromatic N) is 1. The number of hydrogen-bond acceptors (Lipinski definition) is 5. The summed E-state index contributed by atoms with van der Waals surface area (Å²) in [7, 11) is -3.22. The highest BCUT2D eigenvalue weighted by Gasteiger charge is 2.39. The lowest BCUT2D eigenvalue weighted by Crippen LogP contribution is -2.52. The number of hydrogen-bond donors (Lipinski definition) is 0. The highest BCUT2D eigenvalue weighted by molar-refractivity contribution is 7.89. The largest absolute Gasteiger partial charge is 0.378 e. The van der Waals surface area contributed by atoms with Gasteiger partial charge in [0.1, 0.15) is 11.4 Å². The maximum absolute atomic E-state index is 12.3. The Hall–Kier alpha value is -0.470. The van der Waals surface area contributed by atoms with Crippen molar-refractivity contribution in [2.24, 2.45) is 0 Å². The van der Waals surface area contributed by atoms with Gasteiger partial charge in [0.2, 0.25) is 10.0 Å². The molecule has 2 saturated heterocycles. The molecular formula is C11H15NO4S2. The average Bonchev–Trinajstić information content (AvgIpc) is 2.79. The first-order valence-corrected chi connectivity index (χ1v) is 8.28. The third kappa shape index (κ3) is 2.21. The van der Waals surface area contributed by atoms with E-state index in [-0.39, 0.29) is 11.4 Å². The molecule has 7 heteroatoms. The third-order valence-electron chi connectivity index (χ3n) is 3.28. The molecule has 0 radical (unpaired) electrons. The van der Waals surface area contributed by atoms with E-state index >= 15 is 0 Å². The Morgan fingerprint density at radius 3 is 2.83 bits per heavy atom. The first-order valence-electron chi connectivity index (χ1n) is 5.89. The van der Waals surface area contributed by atoms with Crippen molar-refractivity contribution in [3.8, 4) is 0 Å². The first kappa shape index (κ1) is 12.6. The lowest BCUT2D eigenvalue weighted by atomic mass is 10.2. The van der Waals surface area contributed by atoms with Crippen LogP contribution in [0.4, 0.5) is 0 Å². The van der Waals surface area contributed by atoms with Gasteiger partial charge in [0.25, 0.3) is 0 Å². The summed E-state index contributed by atoms with van der Waals surface area (Å²) in [5.41, 5.74) is 0. The molecule has 1 unspecified atom stereocenters. The van der Waals surface area contributed by atoms with Gasteiger partial charge >= 0.3 is 0 Å². The molecule has 2 aliphatic rings. The van der Waals surface area contributed by atoms with E-state index < -0.39 is 10.0 Å². The lowest BCUT2D eigenvalue weighted by Gasteiger charge is -2.36. The van der Waals surface area contributed by atoms with Crippen LogP contribution in [-0.2, 0) is 19.5 Å². The Morgan fingerprint density at radius 2 is 2.22 bits per heavy atom. The minimum absolute atomic E-state index is 0.130. The van der Waals surface area contributed by atoms with Crippen molar-refractivity contribution in [3.05, 3.63) is 22.4 Å². The van der Waals surface area contributed by atoms with Crippen molar-refractivity contribution in [2.45, 2.75) is 11.4 Å². The van der Waals surface area contributed by atoms with Crippen molar-refractivity contribution < 1.29 is 17.9 Å². The van der Waals surface area contributed by atoms with E-state index in [2.05, 4.69) is 0 Å². The molecule has 2 aliphatic heterocycles. The topological polar surface area (TPSA) is 55.8 Å². The molecule has 2 fully saturated rings. The van der Waals surface area contributed by atoms with Crippen molar-refractivity contribution >= 4 is 21.4 Å². The maximum atomic E-state index is 12.3. The molecule has 0 aliphatic carbocycles. The van der Waals surface area contributed by atoms with Crippen molar-refractivity contribution in [1.29, 1.82) is 0 Å². The van der Waals surface area contributed by atoms with Crippen LogP contribution >= 0.6 is 11.3 Å². The fourth-order valence-electron chi connectivity index (χ4n) is 2.10. The van der Waals surface area contributed by atoms with Crippen LogP contribution in [0, 0.1) is 0 Å². The van der Waals surface area contributed by atoms with Crippen LogP contribution in [0.1, 0.15) is 11.0 Å². The molecule has 3 heterocycles. The summed E-state index contributed by atoms with van der Waals surface area (Å²) >= 11 is 1.60. The second-order valence-corrected chi connectivity index (χ2v) is 7.63. The molecule has 0 bridgehead atoms. The highest BCUT2D eigenvalue weighted by Crippen LogP contribution is 2.29. The van der Waals surface area contributed by atoms with E-state index in [1.165, 1.54) is 0 Å². The standard InChI is InChI=1S/C11H15NO4S2/c13-18(14,9-7-15-8-9)12-3-4-16-10(6-12)11-2-1-5-17-11/h1-2,5,9-10H,3-4,6-8H2. The lowest BCUT2D eigenvalue weighted by molar-refractivity contribution is -0.00517. The van der Waals surface area contributed by atoms with Crippen LogP contribution < -0.4 is 0 Å². The first-order chi connectivity index (χ1) is 8.68. The third-order valence-corrected chi connectivity index (χ3v) is 6.41. The molecule has 5 nitrogen and oxygen atoms in total. The molecule has 0 N–H and O–H groups in total. The van der Waals surface area contributed by atoms with Gasteiger partial charge in [-0.1, -0.05) is 6.07 Å². The summed E-state index contributed by atoms with van der Waals surface area (Å²) in [6.07, 6.45) is -0.130. The quantitative estimate of drug-likeness (QED) is 0.828. The summed E-state index contributed by atoms with van der Waals surface area (Å²) in [6, 6.07) is 3.94. The van der Waals surface area contributed by atoms with Crippen molar-refractivity contribution in [3.63, 3.8) is 0 Å². The minimum atomic E-state index is -3.22. The number of sulfonamides is 1. The Kier molecular flexibility index (Phi) is 3.42. The molecule has 1 atom stereocenters. The summed E-state index contributed by atoms with van der Waals surface area (Å²) in [5, 5.41) is 1.62. The van der Waals surface area contributed by atoms with Crippen LogP contribution in [0.5, 0.6) is 0 Å². The average molecular weight is 289 g/mol. The SMILES string of the molecule is O=S(=O)(C1COC1)N1CCOC(c2cccs2)C1. The summed E-state index contributed by atoms with van der Waals surface area (Å²) in [4.78, 5) is 1.08. The van der Waals surface area contributed by atoms with Crippen LogP contribution in [-0.4, -0.2) is 50.9 Å². The highest BCUT2D eigenvalue weighted by atomic mass is 32.2. The molecule has 0 amide bonds. The molecule has 18 heavy (non-hydrogen) atoms. The molecule has 1 aromatic heterocycles. The number of thiophene rings is 1. The molecular weight excluding hydrogens is 274 g/mol. The van der Waals surface area contributed by atoms with Gasteiger partial charge in [-0.25, -0.2) is 8.42 Å². The zero-order chi connectivity index (χ0) is 12.6. The number of ether oxygens (including phenoxy) is 2. The molecule has 3 rings (SSSR count). The molecule has 1 aromatic rings. The Balaban J connectivity index is 1.74. The second kappa shape index (κ2) is 4.90. The molecule has 100 valence electrons. The Bertz CT molecular complexity index is 495. The van der Waals surface area contributed by atoms with Crippen LogP contribution in [0.2, 0.25) is 0 Å². The normalized spacial score (nSPS) is 27.0. The van der Waals surface area contributed by atoms with E-state index in [1.54, 1.807) is 15.6 Å². The Morgan fingerprint density at radius 1 is 1.39 bits per heavy atom. The van der Waals surface area contributed by atoms with E-state index in [0.717, 1.165) is 4.88 Å². The minimum Gasteiger partial charge on any atom is -0.378 e. The number of morpholine rings is 1. The smallest absolute Gasteiger partial charge is 0.221 e. The zero-order valence-corrected chi connectivity index (χ0v) is 11.5. The summed E-state index contributed by atoms with van der Waals surface area (Å²) in [6.45, 7) is 1.96. The van der Waals surface area contributed by atoms with E-state index in [1.807, 2.05) is 17.5 Å². The Labute approximate surface area is 110 Å². The van der Waals surface area contributed by atoms with Crippen LogP contribution in [0.15, 0.2) is 17.5 Å². The van der Waals surface area contributed by atoms with Gasteiger partial charge in [-0.15, -0.1) is 11.3 Å². The van der Waals surface area contributed by atoms with Gasteiger partial charge in [-0.05, 0) is 11.4 Å². The predicted molar refractivity (Wildman–Crippen MR) is 68.1 cm³/mol. The summed E-state index contributed by atoms with van der Waals surface area (Å²) in [5.74, 6) is 0. The number of rotatable bonds is 3. The van der Waals surface area contributed by atoms with Gasteiger partial charge in [-0.2, -0.15) is 4.31 Å². The fourth-order valence-corrected chi connectivity index (χ4v) is 4.50. The summed E-state index contributed by atoms with van der Waals surface area (Å²) < 4.78 is 36.7. The molecule has 0 spiro atoms. The van der Waals surface area contributed by atoms with Gasteiger partial charge in [0, 0.05) is 18.0 Å². The van der Waals surface area contributed by atoms with E-state index in [9.17, 15) is 8.42 Å². The van der Waals surface area contributed by atoms with Crippen LogP contribution in [0.25, 0.3) is 0 Å². The van der Waals surface area contributed by atoms with Crippen molar-refractivity contribution in [2.75, 3.05) is 32.9 Å². The monoisotopic (exact) mass is 289 g/mol. The zero-order valence-electron chi connectivity index (χ0n) is 9.82. The maximum Gasteiger partial charge on any atom is 0.221 e. The van der Waals surface area contributed by atoms with E-state index in [4.69, 9.17) is 9.47 Å². The van der Waals surface area contributed by atoms with Crippen molar-refractivity contribution in [1.82, 2.24) is 4.31 Å². The second-order valence-electron chi connectivity index (χ2n) is 4.44. The molecule has 0 saturated carbocycles. The molecule has 0 aromatic carbocycles.